The van der Waals surface area contributed by atoms with E-state index >= 15 is 0 Å². The maximum Gasteiger partial charge on any atom is 0.241 e. The Kier molecular flexibility index (Phi) is 8.71. The molecule has 0 unspecified atom stereocenters. The van der Waals surface area contributed by atoms with E-state index in [2.05, 4.69) is 11.8 Å². The van der Waals surface area contributed by atoms with E-state index in [0.29, 0.717) is 6.54 Å². The van der Waals surface area contributed by atoms with Gasteiger partial charge < -0.3 is 10.6 Å². The molecule has 0 atom stereocenters. The van der Waals surface area contributed by atoms with E-state index in [1.807, 2.05) is 30.1 Å². The van der Waals surface area contributed by atoms with Gasteiger partial charge in [-0.25, -0.2) is 0 Å². The second kappa shape index (κ2) is 9.13. The number of anilines is 2. The summed E-state index contributed by atoms with van der Waals surface area (Å²) < 4.78 is 0. The molecule has 2 rings (SSSR count). The van der Waals surface area contributed by atoms with Gasteiger partial charge in [-0.1, -0.05) is 13.0 Å². The van der Waals surface area contributed by atoms with E-state index in [9.17, 15) is 4.79 Å². The number of likely N-dealkylation sites (N-methyl/N-ethyl adjacent to an activating group) is 1. The SMILES string of the molecule is CCCN(C)CC(=O)N1CCCc2c(N)cccc21.Cl.Cl. The quantitative estimate of drug-likeness (QED) is 0.862. The number of amides is 1. The summed E-state index contributed by atoms with van der Waals surface area (Å²) in [6.45, 7) is 4.35. The molecule has 1 aromatic carbocycles. The smallest absolute Gasteiger partial charge is 0.241 e. The number of nitrogens with two attached hydrogens (primary N) is 1. The maximum atomic E-state index is 12.4. The van der Waals surface area contributed by atoms with Crippen molar-refractivity contribution in [3.63, 3.8) is 0 Å². The number of nitrogen functional groups attached to an aromatic ring is 1. The van der Waals surface area contributed by atoms with Crippen LogP contribution in [0.15, 0.2) is 18.2 Å². The Bertz CT molecular complexity index is 468. The van der Waals surface area contributed by atoms with Crippen molar-refractivity contribution in [1.29, 1.82) is 0 Å². The second-order valence-electron chi connectivity index (χ2n) is 5.23. The van der Waals surface area contributed by atoms with Gasteiger partial charge in [-0.2, -0.15) is 0 Å². The number of benzene rings is 1. The van der Waals surface area contributed by atoms with Crippen LogP contribution in [-0.4, -0.2) is 37.5 Å². The number of nitrogens with zero attached hydrogens (tertiary/aromatic N) is 2. The number of fused-ring (bicyclic) bond motifs is 1. The van der Waals surface area contributed by atoms with Crippen molar-refractivity contribution in [2.75, 3.05) is 37.3 Å². The fourth-order valence-electron chi connectivity index (χ4n) is 2.69. The summed E-state index contributed by atoms with van der Waals surface area (Å²) in [5.41, 5.74) is 8.93. The van der Waals surface area contributed by atoms with Crippen LogP contribution in [-0.2, 0) is 11.2 Å². The summed E-state index contributed by atoms with van der Waals surface area (Å²) in [6.07, 6.45) is 3.02. The first-order chi connectivity index (χ1) is 9.13. The van der Waals surface area contributed by atoms with Crippen LogP contribution in [0.4, 0.5) is 11.4 Å². The zero-order chi connectivity index (χ0) is 13.8. The van der Waals surface area contributed by atoms with E-state index in [0.717, 1.165) is 49.3 Å². The summed E-state index contributed by atoms with van der Waals surface area (Å²) in [5, 5.41) is 0. The van der Waals surface area contributed by atoms with E-state index in [1.165, 1.54) is 0 Å². The molecular weight excluding hydrogens is 309 g/mol. The third-order valence-electron chi connectivity index (χ3n) is 3.60. The Morgan fingerprint density at radius 2 is 2.10 bits per heavy atom. The van der Waals surface area contributed by atoms with E-state index in [1.54, 1.807) is 0 Å². The van der Waals surface area contributed by atoms with Crippen molar-refractivity contribution in [2.45, 2.75) is 26.2 Å². The molecule has 0 radical (unpaired) electrons. The van der Waals surface area contributed by atoms with Gasteiger partial charge in [-0.15, -0.1) is 24.8 Å². The van der Waals surface area contributed by atoms with Gasteiger partial charge in [0.1, 0.15) is 0 Å². The lowest BCUT2D eigenvalue weighted by Gasteiger charge is -2.31. The summed E-state index contributed by atoms with van der Waals surface area (Å²) in [5.74, 6) is 0.169. The monoisotopic (exact) mass is 333 g/mol. The molecule has 0 spiro atoms. The van der Waals surface area contributed by atoms with Crippen LogP contribution in [0.1, 0.15) is 25.3 Å². The minimum absolute atomic E-state index is 0. The average Bonchev–Trinajstić information content (AvgIpc) is 2.38. The van der Waals surface area contributed by atoms with Gasteiger partial charge in [-0.05, 0) is 50.6 Å². The lowest BCUT2D eigenvalue weighted by atomic mass is 10.00. The highest BCUT2D eigenvalue weighted by molar-refractivity contribution is 5.96. The molecule has 2 N–H and O–H groups in total. The van der Waals surface area contributed by atoms with Crippen LogP contribution in [0.3, 0.4) is 0 Å². The Morgan fingerprint density at radius 1 is 1.38 bits per heavy atom. The van der Waals surface area contributed by atoms with Gasteiger partial charge in [-0.3, -0.25) is 9.69 Å². The predicted molar refractivity (Wildman–Crippen MR) is 93.8 cm³/mol. The van der Waals surface area contributed by atoms with Gasteiger partial charge >= 0.3 is 0 Å². The predicted octanol–water partition coefficient (Wildman–Crippen LogP) is 2.73. The molecule has 120 valence electrons. The van der Waals surface area contributed by atoms with Crippen molar-refractivity contribution >= 4 is 42.1 Å². The molecule has 1 heterocycles. The molecule has 6 heteroatoms. The number of hydrogen-bond donors (Lipinski definition) is 1. The van der Waals surface area contributed by atoms with Crippen molar-refractivity contribution in [2.24, 2.45) is 0 Å². The number of halogens is 2. The Labute approximate surface area is 139 Å². The molecule has 0 aliphatic carbocycles. The minimum atomic E-state index is 0. The van der Waals surface area contributed by atoms with Crippen molar-refractivity contribution in [3.8, 4) is 0 Å². The third kappa shape index (κ3) is 4.77. The van der Waals surface area contributed by atoms with Gasteiger partial charge in [0.2, 0.25) is 5.91 Å². The highest BCUT2D eigenvalue weighted by Crippen LogP contribution is 2.31. The Balaban J connectivity index is 0.00000200. The highest BCUT2D eigenvalue weighted by atomic mass is 35.5. The van der Waals surface area contributed by atoms with Crippen molar-refractivity contribution < 1.29 is 4.79 Å². The topological polar surface area (TPSA) is 49.6 Å². The molecule has 0 saturated heterocycles. The van der Waals surface area contributed by atoms with E-state index in [4.69, 9.17) is 5.73 Å². The van der Waals surface area contributed by atoms with Crippen LogP contribution >= 0.6 is 24.8 Å². The standard InChI is InChI=1S/C15H23N3O.2ClH/c1-3-9-17(2)11-15(19)18-10-5-6-12-13(16)7-4-8-14(12)18;;/h4,7-8H,3,5-6,9-11,16H2,1-2H3;2*1H. The number of carbonyl (C=O) groups excluding carboxylic acids is 1. The molecule has 1 aliphatic rings. The van der Waals surface area contributed by atoms with E-state index in [-0.39, 0.29) is 30.7 Å². The van der Waals surface area contributed by atoms with Crippen molar-refractivity contribution in [3.05, 3.63) is 23.8 Å². The number of hydrogen-bond acceptors (Lipinski definition) is 3. The first-order valence-electron chi connectivity index (χ1n) is 6.99. The molecule has 1 aliphatic heterocycles. The summed E-state index contributed by atoms with van der Waals surface area (Å²) >= 11 is 0. The Hall–Kier alpha value is -0.970. The maximum absolute atomic E-state index is 12.4. The van der Waals surface area contributed by atoms with Gasteiger partial charge in [0, 0.05) is 17.9 Å². The summed E-state index contributed by atoms with van der Waals surface area (Å²) in [7, 11) is 1.99. The van der Waals surface area contributed by atoms with E-state index < -0.39 is 0 Å². The molecule has 21 heavy (non-hydrogen) atoms. The second-order valence-corrected chi connectivity index (χ2v) is 5.23. The van der Waals surface area contributed by atoms with Gasteiger partial charge in [0.15, 0.2) is 0 Å². The first kappa shape index (κ1) is 20.0. The third-order valence-corrected chi connectivity index (χ3v) is 3.60. The van der Waals surface area contributed by atoms with Crippen LogP contribution in [0, 0.1) is 0 Å². The van der Waals surface area contributed by atoms with Crippen LogP contribution in [0.25, 0.3) is 0 Å². The minimum Gasteiger partial charge on any atom is -0.398 e. The number of rotatable bonds is 4. The zero-order valence-corrected chi connectivity index (χ0v) is 14.3. The van der Waals surface area contributed by atoms with Crippen LogP contribution < -0.4 is 10.6 Å². The summed E-state index contributed by atoms with van der Waals surface area (Å²) in [6, 6.07) is 5.84. The number of carbonyl (C=O) groups is 1. The molecule has 1 aromatic rings. The largest absolute Gasteiger partial charge is 0.398 e. The first-order valence-corrected chi connectivity index (χ1v) is 6.99. The Morgan fingerprint density at radius 3 is 2.76 bits per heavy atom. The van der Waals surface area contributed by atoms with Gasteiger partial charge in [0.05, 0.1) is 6.54 Å². The van der Waals surface area contributed by atoms with Gasteiger partial charge in [0.25, 0.3) is 0 Å². The summed E-state index contributed by atoms with van der Waals surface area (Å²) in [4.78, 5) is 16.4. The molecule has 0 fully saturated rings. The zero-order valence-electron chi connectivity index (χ0n) is 12.7. The molecule has 0 aromatic heterocycles. The lowest BCUT2D eigenvalue weighted by Crippen LogP contribution is -2.42. The fourth-order valence-corrected chi connectivity index (χ4v) is 2.69. The fraction of sp³-hybridized carbons (Fsp3) is 0.533. The molecule has 1 amide bonds. The average molecular weight is 334 g/mol. The molecule has 4 nitrogen and oxygen atoms in total. The van der Waals surface area contributed by atoms with Crippen LogP contribution in [0.2, 0.25) is 0 Å². The molecular formula is C15H25Cl2N3O. The lowest BCUT2D eigenvalue weighted by molar-refractivity contribution is -0.119. The molecule has 0 saturated carbocycles. The molecule has 0 bridgehead atoms. The van der Waals surface area contributed by atoms with Crippen molar-refractivity contribution in [1.82, 2.24) is 4.90 Å². The van der Waals surface area contributed by atoms with Crippen LogP contribution in [0.5, 0.6) is 0 Å². The highest BCUT2D eigenvalue weighted by Gasteiger charge is 2.24. The normalized spacial score (nSPS) is 13.2.